The van der Waals surface area contributed by atoms with Crippen LogP contribution in [0.25, 0.3) is 10.9 Å². The van der Waals surface area contributed by atoms with E-state index in [9.17, 15) is 4.79 Å². The van der Waals surface area contributed by atoms with Gasteiger partial charge in [-0.2, -0.15) is 0 Å². The Bertz CT molecular complexity index is 1320. The summed E-state index contributed by atoms with van der Waals surface area (Å²) in [6.45, 7) is 8.67. The van der Waals surface area contributed by atoms with Crippen molar-refractivity contribution in [2.75, 3.05) is 6.61 Å². The number of hydrogen-bond donors (Lipinski definition) is 1. The minimum atomic E-state index is -0.135. The second-order valence-electron chi connectivity index (χ2n) is 9.74. The summed E-state index contributed by atoms with van der Waals surface area (Å²) in [5.74, 6) is 1.78. The van der Waals surface area contributed by atoms with E-state index in [0.717, 1.165) is 47.5 Å². The molecule has 5 rings (SSSR count). The number of H-pyrrole nitrogens is 1. The van der Waals surface area contributed by atoms with Crippen LogP contribution in [-0.4, -0.2) is 42.8 Å². The fourth-order valence-corrected chi connectivity index (χ4v) is 4.97. The predicted octanol–water partition coefficient (Wildman–Crippen LogP) is 3.99. The Morgan fingerprint density at radius 3 is 2.86 bits per heavy atom. The first kappa shape index (κ1) is 23.4. The van der Waals surface area contributed by atoms with Crippen molar-refractivity contribution in [2.24, 2.45) is 5.92 Å². The minimum Gasteiger partial charge on any atom is -0.468 e. The highest BCUT2D eigenvalue weighted by Crippen LogP contribution is 2.31. The summed E-state index contributed by atoms with van der Waals surface area (Å²) in [6, 6.07) is 11.8. The summed E-state index contributed by atoms with van der Waals surface area (Å²) in [6.07, 6.45) is 3.86. The molecule has 4 heterocycles. The third kappa shape index (κ3) is 5.21. The van der Waals surface area contributed by atoms with Crippen molar-refractivity contribution in [2.45, 2.75) is 65.4 Å². The summed E-state index contributed by atoms with van der Waals surface area (Å²) in [5, 5.41) is 13.8. The molecule has 1 aliphatic heterocycles. The standard InChI is InChI=1S/C26H32N6O3/c1-17(2)24(25-28-29-30-32(25)16-22-7-5-11-35-22)31(15-21-6-4-10-34-21)14-20-13-19-9-8-18(3)12-23(19)27-26(20)33/h4,6,8-10,12-13,17,22,24H,5,7,11,14-16H2,1-3H3,(H,27,33)/t22-,24+/m0/s1. The van der Waals surface area contributed by atoms with E-state index >= 15 is 0 Å². The lowest BCUT2D eigenvalue weighted by atomic mass is 10.00. The van der Waals surface area contributed by atoms with E-state index in [2.05, 4.69) is 45.3 Å². The second-order valence-corrected chi connectivity index (χ2v) is 9.74. The van der Waals surface area contributed by atoms with Crippen LogP contribution in [0.15, 0.2) is 51.9 Å². The lowest BCUT2D eigenvalue weighted by Crippen LogP contribution is -2.35. The zero-order valence-electron chi connectivity index (χ0n) is 20.5. The molecule has 3 aromatic heterocycles. The van der Waals surface area contributed by atoms with Crippen LogP contribution >= 0.6 is 0 Å². The molecule has 2 atom stereocenters. The van der Waals surface area contributed by atoms with E-state index in [1.807, 2.05) is 41.9 Å². The Hall–Kier alpha value is -3.30. The summed E-state index contributed by atoms with van der Waals surface area (Å²) in [4.78, 5) is 18.4. The molecule has 1 aliphatic rings. The van der Waals surface area contributed by atoms with Crippen LogP contribution in [0.3, 0.4) is 0 Å². The number of benzene rings is 1. The molecular weight excluding hydrogens is 444 g/mol. The molecule has 1 saturated heterocycles. The highest BCUT2D eigenvalue weighted by atomic mass is 16.5. The maximum Gasteiger partial charge on any atom is 0.252 e. The molecule has 1 aromatic carbocycles. The van der Waals surface area contributed by atoms with Gasteiger partial charge in [-0.05, 0) is 71.3 Å². The molecule has 1 fully saturated rings. The minimum absolute atomic E-state index is 0.0889. The number of hydrogen-bond acceptors (Lipinski definition) is 7. The van der Waals surface area contributed by atoms with E-state index in [4.69, 9.17) is 9.15 Å². The molecule has 35 heavy (non-hydrogen) atoms. The van der Waals surface area contributed by atoms with Gasteiger partial charge in [0.15, 0.2) is 5.82 Å². The number of rotatable bonds is 9. The molecule has 0 radical (unpaired) electrons. The second kappa shape index (κ2) is 10.1. The SMILES string of the molecule is Cc1ccc2cc(CN(Cc3ccco3)[C@@H](c3nnnn3C[C@@H]3CCCO3)C(C)C)c(=O)[nH]c2c1. The smallest absolute Gasteiger partial charge is 0.252 e. The summed E-state index contributed by atoms with van der Waals surface area (Å²) < 4.78 is 13.4. The lowest BCUT2D eigenvalue weighted by molar-refractivity contribution is 0.0836. The number of ether oxygens (including phenoxy) is 1. The molecule has 184 valence electrons. The van der Waals surface area contributed by atoms with E-state index < -0.39 is 0 Å². The molecule has 0 bridgehead atoms. The Balaban J connectivity index is 1.51. The molecule has 9 heteroatoms. The van der Waals surface area contributed by atoms with Crippen molar-refractivity contribution in [3.63, 3.8) is 0 Å². The fraction of sp³-hybridized carbons (Fsp3) is 0.462. The molecule has 1 N–H and O–H groups in total. The largest absolute Gasteiger partial charge is 0.468 e. The van der Waals surface area contributed by atoms with Gasteiger partial charge < -0.3 is 14.1 Å². The van der Waals surface area contributed by atoms with E-state index in [-0.39, 0.29) is 23.6 Å². The summed E-state index contributed by atoms with van der Waals surface area (Å²) in [7, 11) is 0. The fourth-order valence-electron chi connectivity index (χ4n) is 4.97. The maximum atomic E-state index is 13.1. The van der Waals surface area contributed by atoms with Gasteiger partial charge in [-0.1, -0.05) is 26.0 Å². The van der Waals surface area contributed by atoms with Gasteiger partial charge in [-0.25, -0.2) is 4.68 Å². The predicted molar refractivity (Wildman–Crippen MR) is 132 cm³/mol. The first-order chi connectivity index (χ1) is 17.0. The zero-order valence-corrected chi connectivity index (χ0v) is 20.5. The molecule has 0 saturated carbocycles. The van der Waals surface area contributed by atoms with Gasteiger partial charge in [0.1, 0.15) is 5.76 Å². The summed E-state index contributed by atoms with van der Waals surface area (Å²) >= 11 is 0. The number of pyridine rings is 1. The highest BCUT2D eigenvalue weighted by Gasteiger charge is 2.31. The number of aromatic nitrogens is 5. The molecule has 0 unspecified atom stereocenters. The van der Waals surface area contributed by atoms with E-state index in [1.165, 1.54) is 0 Å². The Morgan fingerprint density at radius 1 is 1.23 bits per heavy atom. The van der Waals surface area contributed by atoms with Gasteiger partial charge in [-0.3, -0.25) is 9.69 Å². The third-order valence-corrected chi connectivity index (χ3v) is 6.64. The maximum absolute atomic E-state index is 13.1. The number of aromatic amines is 1. The van der Waals surface area contributed by atoms with Crippen molar-refractivity contribution in [3.8, 4) is 0 Å². The van der Waals surface area contributed by atoms with Crippen molar-refractivity contribution in [1.82, 2.24) is 30.1 Å². The van der Waals surface area contributed by atoms with Gasteiger partial charge in [0, 0.05) is 24.2 Å². The van der Waals surface area contributed by atoms with Crippen LogP contribution in [0.2, 0.25) is 0 Å². The van der Waals surface area contributed by atoms with Crippen LogP contribution in [0, 0.1) is 12.8 Å². The average Bonchev–Trinajstić information content (AvgIpc) is 3.59. The van der Waals surface area contributed by atoms with Gasteiger partial charge in [0.2, 0.25) is 0 Å². The topological polar surface area (TPSA) is 102 Å². The van der Waals surface area contributed by atoms with Crippen LogP contribution in [0.5, 0.6) is 0 Å². The molecule has 0 amide bonds. The summed E-state index contributed by atoms with van der Waals surface area (Å²) in [5.41, 5.74) is 2.56. The number of nitrogens with one attached hydrogen (secondary N) is 1. The number of tetrazole rings is 1. The van der Waals surface area contributed by atoms with E-state index in [1.54, 1.807) is 6.26 Å². The quantitative estimate of drug-likeness (QED) is 0.390. The van der Waals surface area contributed by atoms with Gasteiger partial charge in [0.05, 0.1) is 31.5 Å². The molecule has 0 spiro atoms. The van der Waals surface area contributed by atoms with Crippen LogP contribution in [0.4, 0.5) is 0 Å². The first-order valence-electron chi connectivity index (χ1n) is 12.2. The number of aryl methyl sites for hydroxylation is 1. The zero-order chi connectivity index (χ0) is 24.4. The Morgan fingerprint density at radius 2 is 2.11 bits per heavy atom. The molecular formula is C26H32N6O3. The number of furan rings is 1. The monoisotopic (exact) mass is 476 g/mol. The van der Waals surface area contributed by atoms with Crippen molar-refractivity contribution in [3.05, 3.63) is 75.7 Å². The lowest BCUT2D eigenvalue weighted by Gasteiger charge is -2.33. The average molecular weight is 477 g/mol. The third-order valence-electron chi connectivity index (χ3n) is 6.64. The van der Waals surface area contributed by atoms with E-state index in [0.29, 0.717) is 25.2 Å². The molecule has 4 aromatic rings. The van der Waals surface area contributed by atoms with Crippen molar-refractivity contribution >= 4 is 10.9 Å². The first-order valence-corrected chi connectivity index (χ1v) is 12.2. The Kier molecular flexibility index (Phi) is 6.79. The van der Waals surface area contributed by atoms with Crippen molar-refractivity contribution < 1.29 is 9.15 Å². The van der Waals surface area contributed by atoms with Gasteiger partial charge in [0.25, 0.3) is 5.56 Å². The number of nitrogens with zero attached hydrogens (tertiary/aromatic N) is 5. The highest BCUT2D eigenvalue weighted by molar-refractivity contribution is 5.79. The van der Waals surface area contributed by atoms with Crippen LogP contribution in [0.1, 0.15) is 55.4 Å². The number of fused-ring (bicyclic) bond motifs is 1. The van der Waals surface area contributed by atoms with Gasteiger partial charge in [-0.15, -0.1) is 5.10 Å². The Labute approximate surface area is 204 Å². The normalized spacial score (nSPS) is 17.1. The van der Waals surface area contributed by atoms with Crippen molar-refractivity contribution in [1.29, 1.82) is 0 Å². The van der Waals surface area contributed by atoms with Crippen LogP contribution < -0.4 is 5.56 Å². The van der Waals surface area contributed by atoms with Crippen LogP contribution in [-0.2, 0) is 24.4 Å². The molecule has 0 aliphatic carbocycles. The molecule has 9 nitrogen and oxygen atoms in total. The van der Waals surface area contributed by atoms with Gasteiger partial charge >= 0.3 is 0 Å².